The Kier molecular flexibility index (Phi) is 4.52. The lowest BCUT2D eigenvalue weighted by atomic mass is 10.1. The zero-order valence-electron chi connectivity index (χ0n) is 14.5. The number of carbonyl (C=O) groups excluding carboxylic acids is 2. The minimum absolute atomic E-state index is 0.281. The summed E-state index contributed by atoms with van der Waals surface area (Å²) in [5.74, 6) is 0.749. The van der Waals surface area contributed by atoms with Crippen LogP contribution in [0.25, 0.3) is 0 Å². The number of nitrogens with one attached hydrogen (secondary N) is 3. The molecule has 1 aromatic heterocycles. The van der Waals surface area contributed by atoms with Gasteiger partial charge in [0.1, 0.15) is 5.75 Å². The van der Waals surface area contributed by atoms with Crippen molar-refractivity contribution in [1.82, 2.24) is 5.32 Å². The summed E-state index contributed by atoms with van der Waals surface area (Å²) in [6, 6.07) is 14.1. The Hall–Kier alpha value is -3.32. The summed E-state index contributed by atoms with van der Waals surface area (Å²) in [5.41, 5.74) is 2.52. The van der Waals surface area contributed by atoms with Crippen molar-refractivity contribution in [3.8, 4) is 11.5 Å². The molecule has 0 aliphatic carbocycles. The number of urea groups is 1. The molecule has 2 aromatic carbocycles. The van der Waals surface area contributed by atoms with Gasteiger partial charge in [-0.1, -0.05) is 12.1 Å². The Morgan fingerprint density at radius 2 is 2.00 bits per heavy atom. The van der Waals surface area contributed by atoms with Crippen LogP contribution >= 0.6 is 11.3 Å². The van der Waals surface area contributed by atoms with Crippen molar-refractivity contribution in [2.24, 2.45) is 0 Å². The molecule has 3 amide bonds. The number of ether oxygens (including phenoxy) is 1. The van der Waals surface area contributed by atoms with Gasteiger partial charge < -0.3 is 20.7 Å². The molecule has 4 rings (SSSR count). The molecule has 1 aliphatic rings. The predicted molar refractivity (Wildman–Crippen MR) is 106 cm³/mol. The first-order valence-electron chi connectivity index (χ1n) is 8.39. The zero-order chi connectivity index (χ0) is 18.8. The van der Waals surface area contributed by atoms with Crippen LogP contribution in [0.2, 0.25) is 0 Å². The minimum Gasteiger partial charge on any atom is -0.454 e. The van der Waals surface area contributed by atoms with Crippen LogP contribution in [0.15, 0.2) is 53.9 Å². The van der Waals surface area contributed by atoms with Crippen molar-refractivity contribution in [1.29, 1.82) is 0 Å². The quantitative estimate of drug-likeness (QED) is 0.615. The number of amides is 3. The second kappa shape index (κ2) is 7.13. The number of thiophene rings is 1. The van der Waals surface area contributed by atoms with Crippen LogP contribution in [0.1, 0.15) is 20.8 Å². The molecule has 0 fully saturated rings. The Balaban J connectivity index is 1.50. The molecular formula is C20H17N3O3S. The molecule has 0 saturated heterocycles. The molecule has 3 aromatic rings. The molecule has 0 spiro atoms. The number of hydrogen-bond acceptors (Lipinski definition) is 4. The van der Waals surface area contributed by atoms with E-state index in [-0.39, 0.29) is 11.9 Å². The molecule has 0 atom stereocenters. The highest BCUT2D eigenvalue weighted by Crippen LogP contribution is 2.37. The molecule has 3 N–H and O–H groups in total. The van der Waals surface area contributed by atoms with Crippen molar-refractivity contribution in [3.63, 3.8) is 0 Å². The van der Waals surface area contributed by atoms with Gasteiger partial charge in [0.05, 0.1) is 17.8 Å². The number of fused-ring (bicyclic) bond motifs is 2. The fourth-order valence-electron chi connectivity index (χ4n) is 2.77. The second-order valence-corrected chi connectivity index (χ2v) is 7.19. The molecule has 2 heterocycles. The van der Waals surface area contributed by atoms with Gasteiger partial charge in [0.2, 0.25) is 0 Å². The summed E-state index contributed by atoms with van der Waals surface area (Å²) in [4.78, 5) is 25.7. The number of carbonyl (C=O) groups is 2. The molecule has 136 valence electrons. The Labute approximate surface area is 160 Å². The first-order valence-corrected chi connectivity index (χ1v) is 9.27. The molecule has 6 nitrogen and oxygen atoms in total. The molecule has 1 aliphatic heterocycles. The molecule has 0 bridgehead atoms. The van der Waals surface area contributed by atoms with Crippen LogP contribution in [0.5, 0.6) is 11.5 Å². The average Bonchev–Trinajstić information content (AvgIpc) is 3.12. The van der Waals surface area contributed by atoms with E-state index in [2.05, 4.69) is 16.0 Å². The zero-order valence-corrected chi connectivity index (χ0v) is 15.4. The van der Waals surface area contributed by atoms with Gasteiger partial charge in [-0.15, -0.1) is 11.3 Å². The van der Waals surface area contributed by atoms with Crippen molar-refractivity contribution >= 4 is 34.6 Å². The number of aryl methyl sites for hydroxylation is 1. The van der Waals surface area contributed by atoms with E-state index in [0.717, 1.165) is 10.4 Å². The number of benzene rings is 2. The van der Waals surface area contributed by atoms with Gasteiger partial charge in [-0.05, 0) is 54.3 Å². The number of anilines is 2. The van der Waals surface area contributed by atoms with E-state index >= 15 is 0 Å². The van der Waals surface area contributed by atoms with E-state index in [9.17, 15) is 9.59 Å². The van der Waals surface area contributed by atoms with Gasteiger partial charge in [0.15, 0.2) is 5.75 Å². The van der Waals surface area contributed by atoms with Gasteiger partial charge in [-0.3, -0.25) is 4.79 Å². The predicted octanol–water partition coefficient (Wildman–Crippen LogP) is 4.74. The van der Waals surface area contributed by atoms with E-state index in [4.69, 9.17) is 4.74 Å². The standard InChI is InChI=1S/C20H17N3O3S/c1-12-4-6-18-16(9-12)23-19(24)15-10-13(5-7-17(15)26-18)22-20(25)21-11-14-3-2-8-27-14/h2-10H,11H2,1H3,(H,23,24)(H2,21,22,25). The van der Waals surface area contributed by atoms with Crippen LogP contribution < -0.4 is 20.7 Å². The van der Waals surface area contributed by atoms with E-state index in [1.54, 1.807) is 29.5 Å². The molecule has 7 heteroatoms. The van der Waals surface area contributed by atoms with E-state index < -0.39 is 0 Å². The lowest BCUT2D eigenvalue weighted by molar-refractivity contribution is 0.102. The largest absolute Gasteiger partial charge is 0.454 e. The molecule has 0 unspecified atom stereocenters. The normalized spacial score (nSPS) is 12.1. The van der Waals surface area contributed by atoms with E-state index in [0.29, 0.717) is 35.0 Å². The first-order chi connectivity index (χ1) is 13.1. The van der Waals surface area contributed by atoms with Crippen molar-refractivity contribution in [2.45, 2.75) is 13.5 Å². The number of hydrogen-bond donors (Lipinski definition) is 3. The summed E-state index contributed by atoms with van der Waals surface area (Å²) in [6.07, 6.45) is 0. The second-order valence-electron chi connectivity index (χ2n) is 6.15. The monoisotopic (exact) mass is 379 g/mol. The van der Waals surface area contributed by atoms with Crippen LogP contribution in [0.4, 0.5) is 16.2 Å². The minimum atomic E-state index is -0.336. The maximum atomic E-state index is 12.6. The first kappa shape index (κ1) is 17.1. The summed E-state index contributed by atoms with van der Waals surface area (Å²) < 4.78 is 5.87. The van der Waals surface area contributed by atoms with Crippen molar-refractivity contribution in [2.75, 3.05) is 10.6 Å². The van der Waals surface area contributed by atoms with Crippen LogP contribution in [-0.4, -0.2) is 11.9 Å². The SMILES string of the molecule is Cc1ccc2c(c1)NC(=O)c1cc(NC(=O)NCc3cccs3)ccc1O2. The lowest BCUT2D eigenvalue weighted by Gasteiger charge is -2.10. The summed E-state index contributed by atoms with van der Waals surface area (Å²) in [5, 5.41) is 10.3. The van der Waals surface area contributed by atoms with Gasteiger partial charge in [0.25, 0.3) is 5.91 Å². The van der Waals surface area contributed by atoms with E-state index in [1.807, 2.05) is 42.6 Å². The van der Waals surface area contributed by atoms with Crippen LogP contribution in [-0.2, 0) is 6.54 Å². The highest BCUT2D eigenvalue weighted by Gasteiger charge is 2.21. The third kappa shape index (κ3) is 3.78. The van der Waals surface area contributed by atoms with Gasteiger partial charge >= 0.3 is 6.03 Å². The fraction of sp³-hybridized carbons (Fsp3) is 0.100. The topological polar surface area (TPSA) is 79.5 Å². The van der Waals surface area contributed by atoms with Gasteiger partial charge in [-0.25, -0.2) is 4.79 Å². The molecule has 0 radical (unpaired) electrons. The summed E-state index contributed by atoms with van der Waals surface area (Å²) in [7, 11) is 0. The fourth-order valence-corrected chi connectivity index (χ4v) is 3.41. The molecule has 0 saturated carbocycles. The third-order valence-electron chi connectivity index (χ3n) is 4.09. The molecular weight excluding hydrogens is 362 g/mol. The summed E-state index contributed by atoms with van der Waals surface area (Å²) >= 11 is 1.58. The van der Waals surface area contributed by atoms with Crippen molar-refractivity contribution in [3.05, 3.63) is 69.9 Å². The highest BCUT2D eigenvalue weighted by atomic mass is 32.1. The van der Waals surface area contributed by atoms with Crippen LogP contribution in [0.3, 0.4) is 0 Å². The van der Waals surface area contributed by atoms with Crippen molar-refractivity contribution < 1.29 is 14.3 Å². The lowest BCUT2D eigenvalue weighted by Crippen LogP contribution is -2.28. The Morgan fingerprint density at radius 3 is 2.81 bits per heavy atom. The maximum Gasteiger partial charge on any atom is 0.319 e. The average molecular weight is 379 g/mol. The number of rotatable bonds is 3. The van der Waals surface area contributed by atoms with Gasteiger partial charge in [-0.2, -0.15) is 0 Å². The van der Waals surface area contributed by atoms with Crippen LogP contribution in [0, 0.1) is 6.92 Å². The highest BCUT2D eigenvalue weighted by molar-refractivity contribution is 7.09. The smallest absolute Gasteiger partial charge is 0.319 e. The third-order valence-corrected chi connectivity index (χ3v) is 4.96. The van der Waals surface area contributed by atoms with E-state index in [1.165, 1.54) is 0 Å². The van der Waals surface area contributed by atoms with Gasteiger partial charge in [0, 0.05) is 10.6 Å². The Bertz CT molecular complexity index is 1020. The molecule has 27 heavy (non-hydrogen) atoms. The summed E-state index contributed by atoms with van der Waals surface area (Å²) in [6.45, 7) is 2.40. The Morgan fingerprint density at radius 1 is 1.15 bits per heavy atom. The maximum absolute atomic E-state index is 12.6.